The van der Waals surface area contributed by atoms with Gasteiger partial charge in [-0.2, -0.15) is 0 Å². The zero-order valence-electron chi connectivity index (χ0n) is 35.1. The van der Waals surface area contributed by atoms with Crippen molar-refractivity contribution in [1.29, 1.82) is 0 Å². The number of allylic oxidation sites excluding steroid dienone is 1. The van der Waals surface area contributed by atoms with E-state index >= 15 is 0 Å². The van der Waals surface area contributed by atoms with Crippen molar-refractivity contribution in [3.05, 3.63) is 123 Å². The fourth-order valence-electron chi connectivity index (χ4n) is 7.42. The number of halogens is 1. The van der Waals surface area contributed by atoms with Gasteiger partial charge in [0.1, 0.15) is 0 Å². The maximum absolute atomic E-state index is 13.7. The van der Waals surface area contributed by atoms with Crippen molar-refractivity contribution in [3.63, 3.8) is 0 Å². The molecule has 12 nitrogen and oxygen atoms in total. The average Bonchev–Trinajstić information content (AvgIpc) is 3.28. The van der Waals surface area contributed by atoms with Gasteiger partial charge in [-0.05, 0) is 97.7 Å². The number of anilines is 1. The van der Waals surface area contributed by atoms with E-state index < -0.39 is 11.9 Å². The predicted octanol–water partition coefficient (Wildman–Crippen LogP) is 7.87. The molecule has 1 heterocycles. The molecule has 3 amide bonds. The molecule has 0 fully saturated rings. The highest BCUT2D eigenvalue weighted by Gasteiger charge is 2.27. The van der Waals surface area contributed by atoms with Crippen LogP contribution in [0.1, 0.15) is 66.8 Å². The van der Waals surface area contributed by atoms with Crippen LogP contribution in [-0.2, 0) is 46.2 Å². The Kier molecular flexibility index (Phi) is 18.0. The highest BCUT2D eigenvalue weighted by molar-refractivity contribution is 7.99. The molecule has 3 N–H and O–H groups in total. The van der Waals surface area contributed by atoms with E-state index in [0.717, 1.165) is 48.1 Å². The van der Waals surface area contributed by atoms with Gasteiger partial charge in [0.2, 0.25) is 11.8 Å². The Labute approximate surface area is 372 Å². The summed E-state index contributed by atoms with van der Waals surface area (Å²) in [7, 11) is 1.76. The number of carboxylic acid groups (broad SMARTS) is 1. The number of amides is 3. The van der Waals surface area contributed by atoms with Gasteiger partial charge in [-0.1, -0.05) is 59.6 Å². The largest absolute Gasteiger partial charge is 0.481 e. The number of fused-ring (bicyclic) bond motifs is 1. The molecule has 1 unspecified atom stereocenters. The SMILES string of the molecule is CN(CCOCCOCCOCCC(=O)O)C(=O)Cc1cccc(SCC2=CC(C(=O)Nc3ccc(Cl)cc3C3=CC(C(=O)N[C@H]4CCCc5ccccc54)CC=N3)=CCC2)c1. The van der Waals surface area contributed by atoms with Crippen LogP contribution in [-0.4, -0.2) is 98.9 Å². The van der Waals surface area contributed by atoms with Gasteiger partial charge in [0, 0.05) is 46.6 Å². The van der Waals surface area contributed by atoms with Crippen molar-refractivity contribution in [2.24, 2.45) is 10.9 Å². The third-order valence-electron chi connectivity index (χ3n) is 10.8. The molecule has 328 valence electrons. The molecule has 0 saturated heterocycles. The smallest absolute Gasteiger partial charge is 0.305 e. The second kappa shape index (κ2) is 24.0. The van der Waals surface area contributed by atoms with Crippen molar-refractivity contribution in [1.82, 2.24) is 10.2 Å². The number of nitrogens with zero attached hydrogens (tertiary/aromatic N) is 2. The standard InChI is InChI=1S/C48H55ClN4O8S/c1-53(20-22-60-24-26-61-25-23-59-21-18-46(55)56)45(54)29-33-7-5-12-39(28-33)62-32-34-8-4-11-36(27-34)47(57)52-43-16-15-38(49)31-41(43)44-30-37(17-19-50-44)48(58)51-42-14-6-10-35-9-2-3-13-40(35)42/h2-3,5,7,9,11-13,15-16,19,27-28,30-31,37,42H,4,6,8,10,14,17-18,20-26,29,32H2,1H3,(H,51,58)(H,52,57)(H,55,56)/t37?,42-/m0/s1. The van der Waals surface area contributed by atoms with Crippen molar-refractivity contribution in [3.8, 4) is 0 Å². The summed E-state index contributed by atoms with van der Waals surface area (Å²) in [5.41, 5.74) is 6.91. The van der Waals surface area contributed by atoms with Crippen LogP contribution in [0.25, 0.3) is 5.70 Å². The normalized spacial score (nSPS) is 17.0. The van der Waals surface area contributed by atoms with E-state index in [9.17, 15) is 19.2 Å². The number of nitrogens with one attached hydrogen (secondary N) is 2. The molecule has 0 aromatic heterocycles. The monoisotopic (exact) mass is 882 g/mol. The van der Waals surface area contributed by atoms with Gasteiger partial charge >= 0.3 is 5.97 Å². The maximum atomic E-state index is 13.7. The summed E-state index contributed by atoms with van der Waals surface area (Å²) in [4.78, 5) is 58.1. The quantitative estimate of drug-likeness (QED) is 0.0676. The number of carbonyl (C=O) groups is 4. The molecule has 14 heteroatoms. The third kappa shape index (κ3) is 14.2. The number of aliphatic imine (C=N–C) groups is 1. The summed E-state index contributed by atoms with van der Waals surface area (Å²) in [5, 5.41) is 15.5. The summed E-state index contributed by atoms with van der Waals surface area (Å²) in [6, 6.07) is 21.5. The lowest BCUT2D eigenvalue weighted by molar-refractivity contribution is -0.138. The minimum absolute atomic E-state index is 0.0109. The molecular weight excluding hydrogens is 828 g/mol. The van der Waals surface area contributed by atoms with Gasteiger partial charge in [-0.3, -0.25) is 24.2 Å². The van der Waals surface area contributed by atoms with Crippen molar-refractivity contribution in [2.45, 2.75) is 62.3 Å². The second-order valence-electron chi connectivity index (χ2n) is 15.4. The van der Waals surface area contributed by atoms with Crippen LogP contribution in [0, 0.1) is 5.92 Å². The number of likely N-dealkylation sites (N-methyl/N-ethyl adjacent to an activating group) is 1. The predicted molar refractivity (Wildman–Crippen MR) is 244 cm³/mol. The Balaban J connectivity index is 0.963. The molecule has 0 radical (unpaired) electrons. The molecule has 3 aromatic carbocycles. The topological polar surface area (TPSA) is 156 Å². The highest BCUT2D eigenvalue weighted by atomic mass is 35.5. The molecule has 1 aliphatic heterocycles. The molecule has 3 aliphatic rings. The van der Waals surface area contributed by atoms with Crippen LogP contribution < -0.4 is 10.6 Å². The van der Waals surface area contributed by atoms with Crippen molar-refractivity contribution >= 4 is 64.7 Å². The molecule has 0 spiro atoms. The summed E-state index contributed by atoms with van der Waals surface area (Å²) >= 11 is 8.14. The Hall–Kier alpha value is -5.05. The van der Waals surface area contributed by atoms with Crippen LogP contribution in [0.5, 0.6) is 0 Å². The second-order valence-corrected chi connectivity index (χ2v) is 16.9. The first-order valence-electron chi connectivity index (χ1n) is 21.2. The minimum Gasteiger partial charge on any atom is -0.481 e. The lowest BCUT2D eigenvalue weighted by atomic mass is 9.87. The van der Waals surface area contributed by atoms with E-state index in [-0.39, 0.29) is 43.2 Å². The lowest BCUT2D eigenvalue weighted by Crippen LogP contribution is -2.35. The van der Waals surface area contributed by atoms with Crippen LogP contribution in [0.3, 0.4) is 0 Å². The maximum Gasteiger partial charge on any atom is 0.305 e. The summed E-state index contributed by atoms with van der Waals surface area (Å²) in [5.74, 6) is -0.900. The lowest BCUT2D eigenvalue weighted by Gasteiger charge is -2.28. The molecule has 62 heavy (non-hydrogen) atoms. The summed E-state index contributed by atoms with van der Waals surface area (Å²) < 4.78 is 16.2. The zero-order valence-corrected chi connectivity index (χ0v) is 36.7. The van der Waals surface area contributed by atoms with Gasteiger partial charge < -0.3 is 34.9 Å². The molecule has 3 aromatic rings. The van der Waals surface area contributed by atoms with Gasteiger partial charge in [0.25, 0.3) is 5.91 Å². The van der Waals surface area contributed by atoms with Crippen molar-refractivity contribution in [2.75, 3.05) is 64.3 Å². The molecule has 6 rings (SSSR count). The number of thioether (sulfide) groups is 1. The van der Waals surface area contributed by atoms with E-state index in [1.54, 1.807) is 48.1 Å². The average molecular weight is 884 g/mol. The van der Waals surface area contributed by atoms with Crippen molar-refractivity contribution < 1.29 is 38.5 Å². The number of aryl methyl sites for hydroxylation is 1. The van der Waals surface area contributed by atoms with E-state index in [1.807, 2.05) is 54.6 Å². The van der Waals surface area contributed by atoms with Gasteiger partial charge in [0.05, 0.1) is 75.8 Å². The fourth-order valence-corrected chi connectivity index (χ4v) is 8.58. The first-order chi connectivity index (χ1) is 30.1. The van der Waals surface area contributed by atoms with E-state index in [4.69, 9.17) is 30.9 Å². The number of rotatable bonds is 22. The van der Waals surface area contributed by atoms with E-state index in [0.29, 0.717) is 79.3 Å². The molecule has 0 bridgehead atoms. The number of carboxylic acids is 1. The molecule has 2 atom stereocenters. The highest BCUT2D eigenvalue weighted by Crippen LogP contribution is 2.34. The summed E-state index contributed by atoms with van der Waals surface area (Å²) in [6.07, 6.45) is 12.8. The van der Waals surface area contributed by atoms with E-state index in [1.165, 1.54) is 11.1 Å². The number of aliphatic carboxylic acids is 1. The molecule has 0 saturated carbocycles. The van der Waals surface area contributed by atoms with Crippen LogP contribution in [0.4, 0.5) is 5.69 Å². The number of benzene rings is 3. The van der Waals surface area contributed by atoms with Gasteiger partial charge in [-0.25, -0.2) is 0 Å². The number of carbonyl (C=O) groups excluding carboxylic acids is 3. The molecule has 2 aliphatic carbocycles. The Bertz CT molecular complexity index is 2190. The van der Waals surface area contributed by atoms with Gasteiger partial charge in [-0.15, -0.1) is 11.8 Å². The van der Waals surface area contributed by atoms with Gasteiger partial charge in [0.15, 0.2) is 0 Å². The fraction of sp³-hybridized carbons (Fsp3) is 0.396. The Morgan fingerprint density at radius 3 is 2.55 bits per heavy atom. The van der Waals surface area contributed by atoms with Crippen LogP contribution in [0.15, 0.2) is 106 Å². The van der Waals surface area contributed by atoms with Crippen LogP contribution >= 0.6 is 23.4 Å². The number of hydrogen-bond acceptors (Lipinski definition) is 9. The Morgan fingerprint density at radius 2 is 1.73 bits per heavy atom. The summed E-state index contributed by atoms with van der Waals surface area (Å²) in [6.45, 7) is 2.43. The molecular formula is C48H55ClN4O8S. The first kappa shape index (κ1) is 46.5. The minimum atomic E-state index is -0.895. The third-order valence-corrected chi connectivity index (χ3v) is 12.1. The number of ether oxygens (including phenoxy) is 3. The van der Waals surface area contributed by atoms with E-state index in [2.05, 4.69) is 27.8 Å². The zero-order chi connectivity index (χ0) is 43.7. The first-order valence-corrected chi connectivity index (χ1v) is 22.5. The van der Waals surface area contributed by atoms with Crippen LogP contribution in [0.2, 0.25) is 5.02 Å². The number of hydrogen-bond donors (Lipinski definition) is 3. The Morgan fingerprint density at radius 1 is 0.935 bits per heavy atom.